The van der Waals surface area contributed by atoms with Gasteiger partial charge in [-0.25, -0.2) is 9.97 Å². The molecule has 0 spiro atoms. The maximum absolute atomic E-state index is 12.5. The molecule has 1 amide bonds. The molecule has 0 bridgehead atoms. The van der Waals surface area contributed by atoms with Crippen LogP contribution in [0.4, 0.5) is 5.95 Å². The Labute approximate surface area is 149 Å². The number of hydrogen-bond acceptors (Lipinski definition) is 4. The van der Waals surface area contributed by atoms with Crippen molar-refractivity contribution >= 4 is 11.9 Å². The van der Waals surface area contributed by atoms with Crippen LogP contribution in [0.15, 0.2) is 42.7 Å². The Morgan fingerprint density at radius 2 is 1.72 bits per heavy atom. The smallest absolute Gasteiger partial charge is 0.256 e. The molecule has 1 saturated heterocycles. The molecule has 1 aromatic carbocycles. The van der Waals surface area contributed by atoms with Gasteiger partial charge in [0.1, 0.15) is 0 Å². The molecule has 1 aliphatic heterocycles. The maximum Gasteiger partial charge on any atom is 0.256 e. The van der Waals surface area contributed by atoms with E-state index >= 15 is 0 Å². The lowest BCUT2D eigenvalue weighted by Gasteiger charge is -2.28. The quantitative estimate of drug-likeness (QED) is 0.837. The number of benzene rings is 1. The summed E-state index contributed by atoms with van der Waals surface area (Å²) in [6.07, 6.45) is 6.72. The first-order chi connectivity index (χ1) is 12.1. The summed E-state index contributed by atoms with van der Waals surface area (Å²) in [6.45, 7) is 6.68. The van der Waals surface area contributed by atoms with E-state index in [2.05, 4.69) is 40.8 Å². The van der Waals surface area contributed by atoms with Gasteiger partial charge >= 0.3 is 0 Å². The number of amides is 1. The van der Waals surface area contributed by atoms with Crippen LogP contribution in [-0.4, -0.2) is 39.9 Å². The number of aromatic nitrogens is 2. The predicted octanol–water partition coefficient (Wildman–Crippen LogP) is 3.52. The van der Waals surface area contributed by atoms with Gasteiger partial charge in [0.2, 0.25) is 5.95 Å². The Balaban J connectivity index is 1.73. The van der Waals surface area contributed by atoms with Gasteiger partial charge in [-0.05, 0) is 38.7 Å². The van der Waals surface area contributed by atoms with Crippen LogP contribution < -0.4 is 4.90 Å². The Bertz CT molecular complexity index is 679. The summed E-state index contributed by atoms with van der Waals surface area (Å²) >= 11 is 0. The highest BCUT2D eigenvalue weighted by Gasteiger charge is 2.20. The molecule has 1 fully saturated rings. The molecular formula is C20H26N4O. The zero-order valence-electron chi connectivity index (χ0n) is 15.1. The van der Waals surface area contributed by atoms with Gasteiger partial charge in [-0.1, -0.05) is 30.3 Å². The standard InChI is InChI=1S/C20H26N4O/c1-16(2)24(15-17-9-5-3-6-10-17)20-21-13-18(14-22-20)19(25)23-11-7-4-8-12-23/h3,5-6,9-10,13-14,16H,4,7-8,11-12,15H2,1-2H3. The van der Waals surface area contributed by atoms with Crippen LogP contribution in [0.3, 0.4) is 0 Å². The van der Waals surface area contributed by atoms with Crippen molar-refractivity contribution in [1.82, 2.24) is 14.9 Å². The minimum absolute atomic E-state index is 0.0467. The minimum Gasteiger partial charge on any atom is -0.339 e. The van der Waals surface area contributed by atoms with Crippen molar-refractivity contribution < 1.29 is 4.79 Å². The molecule has 132 valence electrons. The number of carbonyl (C=O) groups is 1. The summed E-state index contributed by atoms with van der Waals surface area (Å²) in [5.74, 6) is 0.708. The van der Waals surface area contributed by atoms with Crippen LogP contribution in [-0.2, 0) is 6.54 Å². The third-order valence-electron chi connectivity index (χ3n) is 4.60. The number of nitrogens with zero attached hydrogens (tertiary/aromatic N) is 4. The Morgan fingerprint density at radius 1 is 1.08 bits per heavy atom. The molecule has 0 unspecified atom stereocenters. The topological polar surface area (TPSA) is 49.3 Å². The van der Waals surface area contributed by atoms with Gasteiger partial charge in [-0.3, -0.25) is 4.79 Å². The van der Waals surface area contributed by atoms with Crippen LogP contribution in [0, 0.1) is 0 Å². The number of piperidine rings is 1. The van der Waals surface area contributed by atoms with Gasteiger partial charge in [-0.2, -0.15) is 0 Å². The van der Waals surface area contributed by atoms with Gasteiger partial charge in [-0.15, -0.1) is 0 Å². The zero-order chi connectivity index (χ0) is 17.6. The van der Waals surface area contributed by atoms with E-state index < -0.39 is 0 Å². The highest BCUT2D eigenvalue weighted by atomic mass is 16.2. The normalized spacial score (nSPS) is 14.6. The molecule has 0 radical (unpaired) electrons. The van der Waals surface area contributed by atoms with Crippen molar-refractivity contribution in [2.45, 2.75) is 45.7 Å². The fourth-order valence-corrected chi connectivity index (χ4v) is 3.12. The van der Waals surface area contributed by atoms with Gasteiger partial charge in [0, 0.05) is 38.1 Å². The zero-order valence-corrected chi connectivity index (χ0v) is 15.1. The number of rotatable bonds is 5. The average Bonchev–Trinajstić information content (AvgIpc) is 2.67. The maximum atomic E-state index is 12.5. The summed E-state index contributed by atoms with van der Waals surface area (Å²) in [7, 11) is 0. The second-order valence-corrected chi connectivity index (χ2v) is 6.83. The molecule has 3 rings (SSSR count). The summed E-state index contributed by atoms with van der Waals surface area (Å²) in [6, 6.07) is 10.6. The van der Waals surface area contributed by atoms with Crippen molar-refractivity contribution in [2.24, 2.45) is 0 Å². The fraction of sp³-hybridized carbons (Fsp3) is 0.450. The average molecular weight is 338 g/mol. The SMILES string of the molecule is CC(C)N(Cc1ccccc1)c1ncc(C(=O)N2CCCCC2)cn1. The van der Waals surface area contributed by atoms with Crippen molar-refractivity contribution in [3.05, 3.63) is 53.9 Å². The predicted molar refractivity (Wildman–Crippen MR) is 99.5 cm³/mol. The molecule has 5 heteroatoms. The van der Waals surface area contributed by atoms with E-state index in [-0.39, 0.29) is 11.9 Å². The number of likely N-dealkylation sites (tertiary alicyclic amines) is 1. The van der Waals surface area contributed by atoms with Gasteiger partial charge in [0.15, 0.2) is 0 Å². The minimum atomic E-state index is 0.0467. The van der Waals surface area contributed by atoms with E-state index in [1.165, 1.54) is 12.0 Å². The van der Waals surface area contributed by atoms with Crippen molar-refractivity contribution in [1.29, 1.82) is 0 Å². The highest BCUT2D eigenvalue weighted by Crippen LogP contribution is 2.17. The molecule has 2 heterocycles. The van der Waals surface area contributed by atoms with Crippen LogP contribution in [0.1, 0.15) is 49.0 Å². The Morgan fingerprint density at radius 3 is 2.32 bits per heavy atom. The molecule has 5 nitrogen and oxygen atoms in total. The number of carbonyl (C=O) groups excluding carboxylic acids is 1. The third-order valence-corrected chi connectivity index (χ3v) is 4.60. The van der Waals surface area contributed by atoms with E-state index in [0.29, 0.717) is 11.5 Å². The molecule has 0 aliphatic carbocycles. The largest absolute Gasteiger partial charge is 0.339 e. The lowest BCUT2D eigenvalue weighted by Crippen LogP contribution is -2.36. The third kappa shape index (κ3) is 4.35. The van der Waals surface area contributed by atoms with Gasteiger partial charge in [0.25, 0.3) is 5.91 Å². The van der Waals surface area contributed by atoms with Crippen molar-refractivity contribution in [2.75, 3.05) is 18.0 Å². The Kier molecular flexibility index (Phi) is 5.64. The summed E-state index contributed by atoms with van der Waals surface area (Å²) in [5, 5.41) is 0. The second-order valence-electron chi connectivity index (χ2n) is 6.83. The second kappa shape index (κ2) is 8.10. The molecule has 1 aromatic heterocycles. The summed E-state index contributed by atoms with van der Waals surface area (Å²) < 4.78 is 0. The highest BCUT2D eigenvalue weighted by molar-refractivity contribution is 5.93. The first kappa shape index (κ1) is 17.4. The first-order valence-corrected chi connectivity index (χ1v) is 9.07. The Hall–Kier alpha value is -2.43. The summed E-state index contributed by atoms with van der Waals surface area (Å²) in [5.41, 5.74) is 1.79. The lowest BCUT2D eigenvalue weighted by molar-refractivity contribution is 0.0723. The number of anilines is 1. The van der Waals surface area contributed by atoms with Crippen molar-refractivity contribution in [3.63, 3.8) is 0 Å². The monoisotopic (exact) mass is 338 g/mol. The fourth-order valence-electron chi connectivity index (χ4n) is 3.12. The van der Waals surface area contributed by atoms with Crippen LogP contribution in [0.25, 0.3) is 0 Å². The molecule has 1 aliphatic rings. The van der Waals surface area contributed by atoms with E-state index in [1.54, 1.807) is 12.4 Å². The first-order valence-electron chi connectivity index (χ1n) is 9.07. The van der Waals surface area contributed by atoms with Crippen molar-refractivity contribution in [3.8, 4) is 0 Å². The molecule has 0 saturated carbocycles. The van der Waals surface area contributed by atoms with Crippen LogP contribution in [0.5, 0.6) is 0 Å². The molecule has 25 heavy (non-hydrogen) atoms. The molecule has 0 N–H and O–H groups in total. The number of hydrogen-bond donors (Lipinski definition) is 0. The molecule has 0 atom stereocenters. The van der Waals surface area contributed by atoms with E-state index in [0.717, 1.165) is 32.5 Å². The van der Waals surface area contributed by atoms with E-state index in [9.17, 15) is 4.79 Å². The molecular weight excluding hydrogens is 312 g/mol. The van der Waals surface area contributed by atoms with Gasteiger partial charge < -0.3 is 9.80 Å². The summed E-state index contributed by atoms with van der Waals surface area (Å²) in [4.78, 5) is 25.5. The van der Waals surface area contributed by atoms with Gasteiger partial charge in [0.05, 0.1) is 5.56 Å². The van der Waals surface area contributed by atoms with Crippen LogP contribution in [0.2, 0.25) is 0 Å². The lowest BCUT2D eigenvalue weighted by atomic mass is 10.1. The van der Waals surface area contributed by atoms with Crippen LogP contribution >= 0.6 is 0 Å². The van der Waals surface area contributed by atoms with E-state index in [1.807, 2.05) is 23.1 Å². The molecule has 2 aromatic rings. The van der Waals surface area contributed by atoms with E-state index in [4.69, 9.17) is 0 Å².